The third kappa shape index (κ3) is 2.57. The second-order valence-electron chi connectivity index (χ2n) is 5.27. The quantitative estimate of drug-likeness (QED) is 0.902. The fourth-order valence-electron chi connectivity index (χ4n) is 2.94. The van der Waals surface area contributed by atoms with Crippen LogP contribution in [0, 0.1) is 22.7 Å². The Hall–Kier alpha value is -0.920. The zero-order valence-electron chi connectivity index (χ0n) is 10.8. The largest absolute Gasteiger partial charge is 0.384 e. The number of hydrogen-bond donors (Lipinski definition) is 1. The lowest BCUT2D eigenvalue weighted by molar-refractivity contribution is 0.0235. The van der Waals surface area contributed by atoms with Gasteiger partial charge in [-0.25, -0.2) is 4.98 Å². The molecule has 1 saturated carbocycles. The van der Waals surface area contributed by atoms with Gasteiger partial charge in [-0.05, 0) is 31.6 Å². The van der Waals surface area contributed by atoms with E-state index >= 15 is 0 Å². The van der Waals surface area contributed by atoms with Crippen LogP contribution in [0.3, 0.4) is 0 Å². The van der Waals surface area contributed by atoms with E-state index < -0.39 is 11.5 Å². The topological polar surface area (TPSA) is 56.9 Å². The van der Waals surface area contributed by atoms with Crippen LogP contribution in [0.25, 0.3) is 0 Å². The fourth-order valence-corrected chi connectivity index (χ4v) is 3.68. The number of aliphatic hydroxyl groups excluding tert-OH is 1. The Kier molecular flexibility index (Phi) is 4.36. The Bertz CT molecular complexity index is 402. The second-order valence-corrected chi connectivity index (χ2v) is 6.20. The number of nitrogens with zero attached hydrogens (tertiary/aromatic N) is 2. The van der Waals surface area contributed by atoms with Crippen molar-refractivity contribution in [1.82, 2.24) is 4.98 Å². The normalized spacial score (nSPS) is 29.7. The van der Waals surface area contributed by atoms with Gasteiger partial charge in [0.2, 0.25) is 0 Å². The van der Waals surface area contributed by atoms with E-state index in [1.807, 2.05) is 5.38 Å². The van der Waals surface area contributed by atoms with Gasteiger partial charge in [0, 0.05) is 11.6 Å². The van der Waals surface area contributed by atoms with Crippen LogP contribution in [0.2, 0.25) is 0 Å². The van der Waals surface area contributed by atoms with E-state index in [0.717, 1.165) is 31.6 Å². The SMILES string of the molecule is CCCC1CCC(C#N)(C(O)c2nccs2)CC1. The van der Waals surface area contributed by atoms with Gasteiger partial charge in [0.25, 0.3) is 0 Å². The number of aromatic nitrogens is 1. The van der Waals surface area contributed by atoms with E-state index in [4.69, 9.17) is 0 Å². The molecule has 1 aliphatic carbocycles. The van der Waals surface area contributed by atoms with Gasteiger partial charge >= 0.3 is 0 Å². The number of thiazole rings is 1. The Balaban J connectivity index is 2.07. The van der Waals surface area contributed by atoms with Crippen molar-refractivity contribution in [2.45, 2.75) is 51.6 Å². The highest BCUT2D eigenvalue weighted by atomic mass is 32.1. The van der Waals surface area contributed by atoms with E-state index in [9.17, 15) is 10.4 Å². The van der Waals surface area contributed by atoms with Gasteiger partial charge in [0.05, 0.1) is 11.5 Å². The van der Waals surface area contributed by atoms with Crippen LogP contribution >= 0.6 is 11.3 Å². The fraction of sp³-hybridized carbons (Fsp3) is 0.714. The van der Waals surface area contributed by atoms with Crippen molar-refractivity contribution in [3.63, 3.8) is 0 Å². The first-order valence-corrected chi connectivity index (χ1v) is 7.58. The Labute approximate surface area is 112 Å². The summed E-state index contributed by atoms with van der Waals surface area (Å²) in [6.45, 7) is 2.20. The maximum Gasteiger partial charge on any atom is 0.124 e. The average Bonchev–Trinajstić information content (AvgIpc) is 2.93. The molecule has 4 heteroatoms. The van der Waals surface area contributed by atoms with Crippen LogP contribution in [0.15, 0.2) is 11.6 Å². The molecule has 1 unspecified atom stereocenters. The van der Waals surface area contributed by atoms with E-state index in [0.29, 0.717) is 5.01 Å². The summed E-state index contributed by atoms with van der Waals surface area (Å²) >= 11 is 1.44. The number of hydrogen-bond acceptors (Lipinski definition) is 4. The number of nitriles is 1. The van der Waals surface area contributed by atoms with Gasteiger partial charge in [-0.2, -0.15) is 5.26 Å². The molecule has 1 aliphatic rings. The van der Waals surface area contributed by atoms with Crippen molar-refractivity contribution >= 4 is 11.3 Å². The molecule has 1 N–H and O–H groups in total. The van der Waals surface area contributed by atoms with Crippen molar-refractivity contribution in [2.75, 3.05) is 0 Å². The lowest BCUT2D eigenvalue weighted by Crippen LogP contribution is -2.32. The van der Waals surface area contributed by atoms with Crippen molar-refractivity contribution in [3.8, 4) is 6.07 Å². The van der Waals surface area contributed by atoms with Gasteiger partial charge in [-0.3, -0.25) is 0 Å². The lowest BCUT2D eigenvalue weighted by atomic mass is 9.67. The highest BCUT2D eigenvalue weighted by Crippen LogP contribution is 2.48. The minimum Gasteiger partial charge on any atom is -0.384 e. The monoisotopic (exact) mass is 264 g/mol. The van der Waals surface area contributed by atoms with E-state index in [1.54, 1.807) is 6.20 Å². The molecule has 2 rings (SSSR count). The van der Waals surface area contributed by atoms with Crippen LogP contribution in [-0.4, -0.2) is 10.1 Å². The summed E-state index contributed by atoms with van der Waals surface area (Å²) in [6.07, 6.45) is 7.15. The summed E-state index contributed by atoms with van der Waals surface area (Å²) in [5.41, 5.74) is -0.609. The minimum absolute atomic E-state index is 0.609. The van der Waals surface area contributed by atoms with Crippen molar-refractivity contribution < 1.29 is 5.11 Å². The van der Waals surface area contributed by atoms with E-state index in [1.165, 1.54) is 24.2 Å². The zero-order valence-corrected chi connectivity index (χ0v) is 11.6. The first-order chi connectivity index (χ1) is 8.72. The van der Waals surface area contributed by atoms with Crippen molar-refractivity contribution in [3.05, 3.63) is 16.6 Å². The number of rotatable bonds is 4. The molecular formula is C14H20N2OS. The smallest absolute Gasteiger partial charge is 0.124 e. The molecule has 1 aromatic heterocycles. The lowest BCUT2D eigenvalue weighted by Gasteiger charge is -2.37. The first-order valence-electron chi connectivity index (χ1n) is 6.70. The summed E-state index contributed by atoms with van der Waals surface area (Å²) in [5.74, 6) is 0.736. The summed E-state index contributed by atoms with van der Waals surface area (Å²) < 4.78 is 0. The van der Waals surface area contributed by atoms with Crippen LogP contribution in [0.1, 0.15) is 56.6 Å². The molecule has 0 aromatic carbocycles. The highest BCUT2D eigenvalue weighted by molar-refractivity contribution is 7.09. The average molecular weight is 264 g/mol. The summed E-state index contributed by atoms with van der Waals surface area (Å²) in [4.78, 5) is 4.16. The Morgan fingerprint density at radius 3 is 2.83 bits per heavy atom. The highest BCUT2D eigenvalue weighted by Gasteiger charge is 2.43. The van der Waals surface area contributed by atoms with Crippen LogP contribution < -0.4 is 0 Å². The molecule has 0 amide bonds. The standard InChI is InChI=1S/C14H20N2OS/c1-2-3-11-4-6-14(10-15,7-5-11)12(17)13-16-8-9-18-13/h8-9,11-12,17H,2-7H2,1H3. The number of aliphatic hydroxyl groups is 1. The molecule has 18 heavy (non-hydrogen) atoms. The second kappa shape index (κ2) is 5.81. The molecule has 0 aliphatic heterocycles. The van der Waals surface area contributed by atoms with Gasteiger partial charge in [0.15, 0.2) is 0 Å². The van der Waals surface area contributed by atoms with E-state index in [-0.39, 0.29) is 0 Å². The van der Waals surface area contributed by atoms with Gasteiger partial charge < -0.3 is 5.11 Å². The minimum atomic E-state index is -0.718. The molecular weight excluding hydrogens is 244 g/mol. The zero-order chi connectivity index (χ0) is 13.0. The molecule has 1 aromatic rings. The molecule has 1 fully saturated rings. The predicted octanol–water partition coefficient (Wildman–Crippen LogP) is 3.68. The predicted molar refractivity (Wildman–Crippen MR) is 72.0 cm³/mol. The Morgan fingerprint density at radius 1 is 1.61 bits per heavy atom. The van der Waals surface area contributed by atoms with Crippen LogP contribution in [0.4, 0.5) is 0 Å². The Morgan fingerprint density at radius 2 is 2.33 bits per heavy atom. The van der Waals surface area contributed by atoms with Crippen LogP contribution in [0.5, 0.6) is 0 Å². The molecule has 0 saturated heterocycles. The summed E-state index contributed by atoms with van der Waals surface area (Å²) in [7, 11) is 0. The third-order valence-corrected chi connectivity index (χ3v) is 4.95. The third-order valence-electron chi connectivity index (χ3n) is 4.13. The molecule has 0 spiro atoms. The summed E-state index contributed by atoms with van der Waals surface area (Å²) in [6, 6.07) is 2.38. The van der Waals surface area contributed by atoms with Crippen LogP contribution in [-0.2, 0) is 0 Å². The van der Waals surface area contributed by atoms with Gasteiger partial charge in [-0.15, -0.1) is 11.3 Å². The summed E-state index contributed by atoms with van der Waals surface area (Å²) in [5, 5.41) is 22.5. The van der Waals surface area contributed by atoms with Gasteiger partial charge in [-0.1, -0.05) is 19.8 Å². The molecule has 1 heterocycles. The molecule has 1 atom stereocenters. The van der Waals surface area contributed by atoms with Gasteiger partial charge in [0.1, 0.15) is 11.1 Å². The maximum atomic E-state index is 10.4. The maximum absolute atomic E-state index is 10.4. The van der Waals surface area contributed by atoms with Crippen molar-refractivity contribution in [2.24, 2.45) is 11.3 Å². The first kappa shape index (κ1) is 13.5. The molecule has 3 nitrogen and oxygen atoms in total. The molecule has 0 radical (unpaired) electrons. The molecule has 0 bridgehead atoms. The van der Waals surface area contributed by atoms with Crippen molar-refractivity contribution in [1.29, 1.82) is 5.26 Å². The molecule has 98 valence electrons. The van der Waals surface area contributed by atoms with E-state index in [2.05, 4.69) is 18.0 Å².